The van der Waals surface area contributed by atoms with Gasteiger partial charge in [0.05, 0.1) is 11.7 Å². The molecule has 0 aliphatic carbocycles. The van der Waals surface area contributed by atoms with Gasteiger partial charge in [-0.15, -0.1) is 0 Å². The van der Waals surface area contributed by atoms with Crippen molar-refractivity contribution < 1.29 is 0 Å². The van der Waals surface area contributed by atoms with Crippen molar-refractivity contribution in [3.8, 4) is 0 Å². The van der Waals surface area contributed by atoms with Gasteiger partial charge in [-0.25, -0.2) is 14.6 Å². The van der Waals surface area contributed by atoms with Crippen LogP contribution < -0.4 is 5.32 Å². The maximum Gasteiger partial charge on any atom is 0.157 e. The topological polar surface area (TPSA) is 72.9 Å². The molecular weight excluding hydrogens is 266 g/mol. The molecule has 3 heterocycles. The van der Waals surface area contributed by atoms with E-state index in [9.17, 15) is 0 Å². The van der Waals surface area contributed by atoms with Crippen LogP contribution in [0.5, 0.6) is 0 Å². The fraction of sp³-hybridized carbons (Fsp3) is 0.429. The van der Waals surface area contributed by atoms with Gasteiger partial charge in [0, 0.05) is 24.4 Å². The molecule has 0 saturated heterocycles. The summed E-state index contributed by atoms with van der Waals surface area (Å²) in [6, 6.07) is 3.99. The molecule has 7 nitrogen and oxygen atoms in total. The number of rotatable bonds is 4. The zero-order valence-electron chi connectivity index (χ0n) is 12.7. The van der Waals surface area contributed by atoms with Crippen LogP contribution in [0.1, 0.15) is 37.1 Å². The van der Waals surface area contributed by atoms with E-state index < -0.39 is 0 Å². The second-order valence-electron chi connectivity index (χ2n) is 5.14. The van der Waals surface area contributed by atoms with Crippen LogP contribution >= 0.6 is 0 Å². The standard InChI is InChI=1S/C14H19N7/c1-5-20-14(15-8-16-20)11(4)18-13-6-9(2)17-12-7-10(3)19-21(12)13/h6-8,11,18H,5H2,1-4H3/t11-/m0/s1. The van der Waals surface area contributed by atoms with Gasteiger partial charge in [-0.2, -0.15) is 14.7 Å². The Morgan fingerprint density at radius 3 is 2.81 bits per heavy atom. The quantitative estimate of drug-likeness (QED) is 0.795. The Balaban J connectivity index is 1.97. The van der Waals surface area contributed by atoms with E-state index in [2.05, 4.69) is 39.3 Å². The van der Waals surface area contributed by atoms with Crippen LogP contribution in [0.3, 0.4) is 0 Å². The summed E-state index contributed by atoms with van der Waals surface area (Å²) in [6.45, 7) is 8.86. The van der Waals surface area contributed by atoms with Crippen molar-refractivity contribution in [1.29, 1.82) is 0 Å². The predicted octanol–water partition coefficient (Wildman–Crippen LogP) is 2.13. The summed E-state index contributed by atoms with van der Waals surface area (Å²) in [5.74, 6) is 1.81. The molecule has 7 heteroatoms. The highest BCUT2D eigenvalue weighted by atomic mass is 15.4. The van der Waals surface area contributed by atoms with Gasteiger partial charge in [-0.3, -0.25) is 0 Å². The molecule has 0 saturated carbocycles. The van der Waals surface area contributed by atoms with Crippen molar-refractivity contribution >= 4 is 11.5 Å². The lowest BCUT2D eigenvalue weighted by Crippen LogP contribution is -2.16. The highest BCUT2D eigenvalue weighted by Gasteiger charge is 2.15. The normalized spacial score (nSPS) is 12.8. The molecule has 0 spiro atoms. The van der Waals surface area contributed by atoms with E-state index in [1.54, 1.807) is 6.33 Å². The third kappa shape index (κ3) is 2.46. The number of anilines is 1. The van der Waals surface area contributed by atoms with E-state index in [1.165, 1.54) is 0 Å². The van der Waals surface area contributed by atoms with Crippen LogP contribution in [0, 0.1) is 13.8 Å². The van der Waals surface area contributed by atoms with Crippen molar-refractivity contribution in [3.05, 3.63) is 35.7 Å². The first-order valence-electron chi connectivity index (χ1n) is 7.06. The zero-order chi connectivity index (χ0) is 15.0. The monoisotopic (exact) mass is 285 g/mol. The van der Waals surface area contributed by atoms with Gasteiger partial charge in [-0.1, -0.05) is 0 Å². The molecule has 3 aromatic heterocycles. The first-order valence-corrected chi connectivity index (χ1v) is 7.06. The fourth-order valence-corrected chi connectivity index (χ4v) is 2.46. The Morgan fingerprint density at radius 2 is 2.05 bits per heavy atom. The van der Waals surface area contributed by atoms with Gasteiger partial charge in [-0.05, 0) is 27.7 Å². The Morgan fingerprint density at radius 1 is 1.24 bits per heavy atom. The van der Waals surface area contributed by atoms with Crippen molar-refractivity contribution in [1.82, 2.24) is 29.4 Å². The second-order valence-corrected chi connectivity index (χ2v) is 5.14. The molecular formula is C14H19N7. The number of hydrogen-bond donors (Lipinski definition) is 1. The van der Waals surface area contributed by atoms with Gasteiger partial charge in [0.1, 0.15) is 18.0 Å². The molecule has 0 radical (unpaired) electrons. The van der Waals surface area contributed by atoms with Crippen LogP contribution in [0.15, 0.2) is 18.5 Å². The van der Waals surface area contributed by atoms with E-state index >= 15 is 0 Å². The van der Waals surface area contributed by atoms with Crippen LogP contribution in [-0.4, -0.2) is 29.4 Å². The summed E-state index contributed by atoms with van der Waals surface area (Å²) in [5, 5.41) is 12.1. The molecule has 0 fully saturated rings. The molecule has 110 valence electrons. The highest BCUT2D eigenvalue weighted by Crippen LogP contribution is 2.19. The minimum atomic E-state index is 0.0296. The van der Waals surface area contributed by atoms with E-state index in [0.29, 0.717) is 0 Å². The van der Waals surface area contributed by atoms with Gasteiger partial charge in [0.15, 0.2) is 5.65 Å². The zero-order valence-corrected chi connectivity index (χ0v) is 12.7. The number of hydrogen-bond acceptors (Lipinski definition) is 5. The summed E-state index contributed by atoms with van der Waals surface area (Å²) in [4.78, 5) is 8.82. The Labute approximate surface area is 123 Å². The lowest BCUT2D eigenvalue weighted by molar-refractivity contribution is 0.591. The lowest BCUT2D eigenvalue weighted by Gasteiger charge is -2.16. The predicted molar refractivity (Wildman–Crippen MR) is 80.2 cm³/mol. The SMILES string of the molecule is CCn1ncnc1[C@H](C)Nc1cc(C)nc2cc(C)nn12. The number of aryl methyl sites for hydroxylation is 3. The van der Waals surface area contributed by atoms with Crippen molar-refractivity contribution in [2.75, 3.05) is 5.32 Å². The van der Waals surface area contributed by atoms with Crippen molar-refractivity contribution in [2.45, 2.75) is 40.3 Å². The fourth-order valence-electron chi connectivity index (χ4n) is 2.46. The maximum atomic E-state index is 4.49. The Kier molecular flexibility index (Phi) is 3.32. The van der Waals surface area contributed by atoms with E-state index in [4.69, 9.17) is 0 Å². The average Bonchev–Trinajstić information content (AvgIpc) is 3.03. The summed E-state index contributed by atoms with van der Waals surface area (Å²) >= 11 is 0. The third-order valence-corrected chi connectivity index (χ3v) is 3.37. The summed E-state index contributed by atoms with van der Waals surface area (Å²) in [6.07, 6.45) is 1.59. The molecule has 3 rings (SSSR count). The third-order valence-electron chi connectivity index (χ3n) is 3.37. The Hall–Kier alpha value is -2.44. The summed E-state index contributed by atoms with van der Waals surface area (Å²) in [5.41, 5.74) is 2.74. The van der Waals surface area contributed by atoms with Crippen molar-refractivity contribution in [3.63, 3.8) is 0 Å². The lowest BCUT2D eigenvalue weighted by atomic mass is 10.3. The summed E-state index contributed by atoms with van der Waals surface area (Å²) < 4.78 is 3.71. The largest absolute Gasteiger partial charge is 0.360 e. The highest BCUT2D eigenvalue weighted by molar-refractivity contribution is 5.50. The molecule has 0 amide bonds. The molecule has 1 N–H and O–H groups in total. The summed E-state index contributed by atoms with van der Waals surface area (Å²) in [7, 11) is 0. The van der Waals surface area contributed by atoms with Crippen LogP contribution in [0.4, 0.5) is 5.82 Å². The number of aromatic nitrogens is 6. The van der Waals surface area contributed by atoms with E-state index in [-0.39, 0.29) is 6.04 Å². The van der Waals surface area contributed by atoms with Gasteiger partial charge in [0.2, 0.25) is 0 Å². The van der Waals surface area contributed by atoms with Gasteiger partial charge < -0.3 is 5.32 Å². The molecule has 0 aliphatic heterocycles. The molecule has 0 aliphatic rings. The average molecular weight is 285 g/mol. The maximum absolute atomic E-state index is 4.49. The number of fused-ring (bicyclic) bond motifs is 1. The van der Waals surface area contributed by atoms with Crippen LogP contribution in [-0.2, 0) is 6.54 Å². The molecule has 1 atom stereocenters. The minimum Gasteiger partial charge on any atom is -0.360 e. The first kappa shape index (κ1) is 13.5. The molecule has 3 aromatic rings. The molecule has 0 bridgehead atoms. The van der Waals surface area contributed by atoms with Gasteiger partial charge >= 0.3 is 0 Å². The van der Waals surface area contributed by atoms with Crippen LogP contribution in [0.25, 0.3) is 5.65 Å². The van der Waals surface area contributed by atoms with Gasteiger partial charge in [0.25, 0.3) is 0 Å². The Bertz CT molecular complexity index is 771. The molecule has 0 unspecified atom stereocenters. The smallest absolute Gasteiger partial charge is 0.157 e. The first-order chi connectivity index (χ1) is 10.1. The molecule has 21 heavy (non-hydrogen) atoms. The van der Waals surface area contributed by atoms with Crippen LogP contribution in [0.2, 0.25) is 0 Å². The minimum absolute atomic E-state index is 0.0296. The molecule has 0 aromatic carbocycles. The second kappa shape index (κ2) is 5.16. The number of nitrogens with one attached hydrogen (secondary N) is 1. The van der Waals surface area contributed by atoms with E-state index in [1.807, 2.05) is 35.2 Å². The van der Waals surface area contributed by atoms with E-state index in [0.717, 1.165) is 35.2 Å². The number of nitrogens with zero attached hydrogens (tertiary/aromatic N) is 6. The van der Waals surface area contributed by atoms with Crippen molar-refractivity contribution in [2.24, 2.45) is 0 Å².